The number of nitrogens with zero attached hydrogens (tertiary/aromatic N) is 2. The second-order valence-electron chi connectivity index (χ2n) is 4.73. The lowest BCUT2D eigenvalue weighted by Gasteiger charge is -2.12. The Hall–Kier alpha value is -1.57. The summed E-state index contributed by atoms with van der Waals surface area (Å²) in [5, 5.41) is 6.47. The van der Waals surface area contributed by atoms with Gasteiger partial charge in [-0.1, -0.05) is 12.1 Å². The molecule has 0 aliphatic rings. The molecule has 4 nitrogen and oxygen atoms in total. The van der Waals surface area contributed by atoms with E-state index in [1.54, 1.807) is 19.2 Å². The largest absolute Gasteiger partial charge is 0.356 e. The summed E-state index contributed by atoms with van der Waals surface area (Å²) in [6.45, 7) is 2.40. The van der Waals surface area contributed by atoms with E-state index in [9.17, 15) is 4.39 Å². The molecule has 0 amide bonds. The Kier molecular flexibility index (Phi) is 8.57. The normalized spacial score (nSPS) is 10.9. The molecule has 0 saturated carbocycles. The Balaban J connectivity index is 0.00000242. The molecule has 0 unspecified atom stereocenters. The predicted molar refractivity (Wildman–Crippen MR) is 99.3 cm³/mol. The quantitative estimate of drug-likeness (QED) is 0.432. The molecular weight excluding hydrogens is 394 g/mol. The lowest BCUT2D eigenvalue weighted by atomic mass is 10.1. The van der Waals surface area contributed by atoms with Gasteiger partial charge in [-0.2, -0.15) is 0 Å². The molecule has 0 aliphatic carbocycles. The smallest absolute Gasteiger partial charge is 0.191 e. The highest BCUT2D eigenvalue weighted by molar-refractivity contribution is 14.0. The van der Waals surface area contributed by atoms with E-state index < -0.39 is 0 Å². The third-order valence-corrected chi connectivity index (χ3v) is 3.15. The van der Waals surface area contributed by atoms with Crippen LogP contribution in [0.5, 0.6) is 0 Å². The Morgan fingerprint density at radius 3 is 2.55 bits per heavy atom. The minimum Gasteiger partial charge on any atom is -0.356 e. The van der Waals surface area contributed by atoms with E-state index in [1.165, 1.54) is 6.07 Å². The van der Waals surface area contributed by atoms with Crippen LogP contribution >= 0.6 is 24.0 Å². The number of guanidine groups is 1. The first-order chi connectivity index (χ1) is 10.3. The Morgan fingerprint density at radius 1 is 1.14 bits per heavy atom. The maximum atomic E-state index is 13.1. The second-order valence-corrected chi connectivity index (χ2v) is 4.73. The van der Waals surface area contributed by atoms with Gasteiger partial charge in [0.1, 0.15) is 5.82 Å². The van der Waals surface area contributed by atoms with Crippen LogP contribution in [0.25, 0.3) is 0 Å². The first-order valence-electron chi connectivity index (χ1n) is 7.07. The average Bonchev–Trinajstić information content (AvgIpc) is 2.99. The maximum Gasteiger partial charge on any atom is 0.191 e. The number of benzene rings is 1. The van der Waals surface area contributed by atoms with Crippen molar-refractivity contribution in [2.75, 3.05) is 20.1 Å². The number of nitrogens with one attached hydrogen (secondary N) is 2. The molecule has 6 heteroatoms. The molecule has 0 spiro atoms. The van der Waals surface area contributed by atoms with E-state index in [-0.39, 0.29) is 29.8 Å². The lowest BCUT2D eigenvalue weighted by Crippen LogP contribution is -2.39. The zero-order valence-corrected chi connectivity index (χ0v) is 15.0. The van der Waals surface area contributed by atoms with Gasteiger partial charge in [-0.3, -0.25) is 4.99 Å². The number of aromatic nitrogens is 1. The number of hydrogen-bond acceptors (Lipinski definition) is 1. The fraction of sp³-hybridized carbons (Fsp3) is 0.312. The zero-order chi connectivity index (χ0) is 14.9. The summed E-state index contributed by atoms with van der Waals surface area (Å²) < 4.78 is 15.2. The molecule has 0 atom stereocenters. The molecule has 0 saturated heterocycles. The van der Waals surface area contributed by atoms with E-state index >= 15 is 0 Å². The number of aliphatic imine (C=N–C) groups is 1. The summed E-state index contributed by atoms with van der Waals surface area (Å²) >= 11 is 0. The molecule has 0 fully saturated rings. The van der Waals surface area contributed by atoms with Crippen molar-refractivity contribution in [2.45, 2.75) is 13.0 Å². The van der Waals surface area contributed by atoms with E-state index in [1.807, 2.05) is 30.6 Å². The van der Waals surface area contributed by atoms with Crippen molar-refractivity contribution in [2.24, 2.45) is 4.99 Å². The summed E-state index contributed by atoms with van der Waals surface area (Å²) in [4.78, 5) is 4.17. The molecule has 1 heterocycles. The molecule has 0 aliphatic heterocycles. The SMILES string of the molecule is CN=C(NCCc1cccc(F)c1)NCCn1cccc1.I. The Bertz CT molecular complexity index is 569. The topological polar surface area (TPSA) is 41.4 Å². The van der Waals surface area contributed by atoms with Crippen LogP contribution in [0, 0.1) is 5.82 Å². The van der Waals surface area contributed by atoms with Crippen molar-refractivity contribution in [1.82, 2.24) is 15.2 Å². The van der Waals surface area contributed by atoms with Gasteiger partial charge in [0, 0.05) is 39.1 Å². The first kappa shape index (κ1) is 18.5. The van der Waals surface area contributed by atoms with Crippen LogP contribution in [0.1, 0.15) is 5.56 Å². The summed E-state index contributed by atoms with van der Waals surface area (Å²) in [6.07, 6.45) is 4.82. The molecule has 0 radical (unpaired) electrons. The van der Waals surface area contributed by atoms with Crippen LogP contribution in [-0.2, 0) is 13.0 Å². The molecule has 0 bridgehead atoms. The summed E-state index contributed by atoms with van der Waals surface area (Å²) in [5.41, 5.74) is 0.977. The average molecular weight is 416 g/mol. The van der Waals surface area contributed by atoms with E-state index in [2.05, 4.69) is 20.2 Å². The zero-order valence-electron chi connectivity index (χ0n) is 12.6. The van der Waals surface area contributed by atoms with Gasteiger partial charge in [0.2, 0.25) is 0 Å². The summed E-state index contributed by atoms with van der Waals surface area (Å²) in [7, 11) is 1.74. The molecule has 2 aromatic rings. The molecular formula is C16H22FIN4. The van der Waals surface area contributed by atoms with E-state index in [4.69, 9.17) is 0 Å². The molecule has 2 rings (SSSR count). The highest BCUT2D eigenvalue weighted by Crippen LogP contribution is 2.03. The second kappa shape index (κ2) is 10.2. The van der Waals surface area contributed by atoms with Gasteiger partial charge in [0.25, 0.3) is 0 Å². The highest BCUT2D eigenvalue weighted by Gasteiger charge is 1.99. The molecule has 1 aromatic heterocycles. The van der Waals surface area contributed by atoms with Crippen molar-refractivity contribution < 1.29 is 4.39 Å². The molecule has 1 aromatic carbocycles. The third-order valence-electron chi connectivity index (χ3n) is 3.15. The fourth-order valence-electron chi connectivity index (χ4n) is 2.06. The van der Waals surface area contributed by atoms with Crippen LogP contribution in [0.3, 0.4) is 0 Å². The van der Waals surface area contributed by atoms with Crippen molar-refractivity contribution in [3.63, 3.8) is 0 Å². The van der Waals surface area contributed by atoms with Gasteiger partial charge < -0.3 is 15.2 Å². The number of hydrogen-bond donors (Lipinski definition) is 2. The standard InChI is InChI=1S/C16H21FN4.HI/c1-18-16(20-9-12-21-10-2-3-11-21)19-8-7-14-5-4-6-15(17)13-14;/h2-6,10-11,13H,7-9,12H2,1H3,(H2,18,19,20);1H. The first-order valence-corrected chi connectivity index (χ1v) is 7.07. The van der Waals surface area contributed by atoms with Crippen molar-refractivity contribution in [1.29, 1.82) is 0 Å². The van der Waals surface area contributed by atoms with Crippen molar-refractivity contribution in [3.05, 3.63) is 60.2 Å². The minimum atomic E-state index is -0.193. The third kappa shape index (κ3) is 6.46. The van der Waals surface area contributed by atoms with Crippen molar-refractivity contribution >= 4 is 29.9 Å². The highest BCUT2D eigenvalue weighted by atomic mass is 127. The fourth-order valence-corrected chi connectivity index (χ4v) is 2.06. The summed E-state index contributed by atoms with van der Waals surface area (Å²) in [5.74, 6) is 0.570. The van der Waals surface area contributed by atoms with Crippen LogP contribution in [-0.4, -0.2) is 30.7 Å². The van der Waals surface area contributed by atoms with Gasteiger partial charge in [0.05, 0.1) is 0 Å². The minimum absolute atomic E-state index is 0. The van der Waals surface area contributed by atoms with Crippen LogP contribution in [0.15, 0.2) is 53.8 Å². The maximum absolute atomic E-state index is 13.1. The van der Waals surface area contributed by atoms with Crippen LogP contribution in [0.2, 0.25) is 0 Å². The van der Waals surface area contributed by atoms with E-state index in [0.29, 0.717) is 6.54 Å². The monoisotopic (exact) mass is 416 g/mol. The van der Waals surface area contributed by atoms with Crippen LogP contribution in [0.4, 0.5) is 4.39 Å². The van der Waals surface area contributed by atoms with Gasteiger partial charge in [-0.25, -0.2) is 4.39 Å². The number of halogens is 2. The van der Waals surface area contributed by atoms with Crippen LogP contribution < -0.4 is 10.6 Å². The lowest BCUT2D eigenvalue weighted by molar-refractivity contribution is 0.624. The molecule has 2 N–H and O–H groups in total. The Labute approximate surface area is 147 Å². The number of rotatable bonds is 6. The van der Waals surface area contributed by atoms with Gasteiger partial charge in [0.15, 0.2) is 5.96 Å². The van der Waals surface area contributed by atoms with Gasteiger partial charge in [-0.05, 0) is 36.2 Å². The van der Waals surface area contributed by atoms with Crippen molar-refractivity contribution in [3.8, 4) is 0 Å². The Morgan fingerprint density at radius 2 is 1.86 bits per heavy atom. The van der Waals surface area contributed by atoms with E-state index in [0.717, 1.165) is 31.0 Å². The molecule has 22 heavy (non-hydrogen) atoms. The van der Waals surface area contributed by atoms with Gasteiger partial charge >= 0.3 is 0 Å². The van der Waals surface area contributed by atoms with Gasteiger partial charge in [-0.15, -0.1) is 24.0 Å². The summed E-state index contributed by atoms with van der Waals surface area (Å²) in [6, 6.07) is 10.7. The molecule has 120 valence electrons. The predicted octanol–water partition coefficient (Wildman–Crippen LogP) is 2.65.